The minimum absolute atomic E-state index is 0.00695. The normalized spacial score (nSPS) is 13.0. The molecule has 0 spiro atoms. The fraction of sp³-hybridized carbons (Fsp3) is 0.469. The third-order valence-corrected chi connectivity index (χ3v) is 9.00. The van der Waals surface area contributed by atoms with E-state index < -0.39 is 5.41 Å². The van der Waals surface area contributed by atoms with Crippen LogP contribution in [0.3, 0.4) is 0 Å². The average Bonchev–Trinajstić information content (AvgIpc) is 3.31. The first-order valence-electron chi connectivity index (χ1n) is 14.6. The van der Waals surface area contributed by atoms with Crippen LogP contribution in [0.4, 0.5) is 10.5 Å². The number of amides is 2. The summed E-state index contributed by atoms with van der Waals surface area (Å²) in [6.07, 6.45) is 0.688. The number of fused-ring (bicyclic) bond motifs is 5. The van der Waals surface area contributed by atoms with Crippen LogP contribution in [0.5, 0.6) is 0 Å². The molecule has 42 heavy (non-hydrogen) atoms. The maximum Gasteiger partial charge on any atom is 0.315 e. The number of anilines is 1. The van der Waals surface area contributed by atoms with Gasteiger partial charge in [0.15, 0.2) is 5.81 Å². The van der Waals surface area contributed by atoms with E-state index in [2.05, 4.69) is 43.3 Å². The quantitative estimate of drug-likeness (QED) is 0.294. The lowest BCUT2D eigenvalue weighted by atomic mass is 9.72. The predicted molar refractivity (Wildman–Crippen MR) is 173 cm³/mol. The number of aromatic nitrogens is 3. The molecule has 0 saturated heterocycles. The Morgan fingerprint density at radius 2 is 1.69 bits per heavy atom. The number of nitrogens with one attached hydrogen (secondary N) is 1. The highest BCUT2D eigenvalue weighted by Crippen LogP contribution is 2.41. The van der Waals surface area contributed by atoms with Crippen LogP contribution in [0.25, 0.3) is 22.5 Å². The molecule has 0 aliphatic carbocycles. The maximum absolute atomic E-state index is 13.8. The van der Waals surface area contributed by atoms with Crippen LogP contribution in [-0.4, -0.2) is 58.2 Å². The van der Waals surface area contributed by atoms with E-state index in [1.54, 1.807) is 11.9 Å². The van der Waals surface area contributed by atoms with Crippen LogP contribution in [-0.2, 0) is 22.7 Å². The van der Waals surface area contributed by atoms with Crippen molar-refractivity contribution in [2.45, 2.75) is 61.1 Å². The molecular weight excluding hydrogens is 545 g/mol. The standard InChI is InChI=1S/C32H42BN5O3S/c1-21(2)16-38-28-24-14-10-11-15-25(24)37(17-22-12-8-9-13-23(22)27(28)35-36-38)30(41)33-26(39)18-42-20-31(3,4)19-32(5,6)29(40)34-7/h8-15,21,33H,16-20H2,1-7H3,(H,34,40). The highest BCUT2D eigenvalue weighted by atomic mass is 32.2. The van der Waals surface area contributed by atoms with Crippen molar-refractivity contribution in [3.05, 3.63) is 54.1 Å². The summed E-state index contributed by atoms with van der Waals surface area (Å²) in [5.74, 6) is 1.10. The molecule has 0 fully saturated rings. The Morgan fingerprint density at radius 3 is 2.38 bits per heavy atom. The monoisotopic (exact) mass is 587 g/mol. The van der Waals surface area contributed by atoms with Gasteiger partial charge in [-0.05, 0) is 35.1 Å². The first-order valence-corrected chi connectivity index (χ1v) is 15.7. The first kappa shape index (κ1) is 31.5. The van der Waals surface area contributed by atoms with E-state index in [0.29, 0.717) is 31.2 Å². The molecule has 222 valence electrons. The number of thioether (sulfide) groups is 1. The van der Waals surface area contributed by atoms with Gasteiger partial charge in [0.2, 0.25) is 5.91 Å². The van der Waals surface area contributed by atoms with Gasteiger partial charge < -0.3 is 15.0 Å². The first-order chi connectivity index (χ1) is 19.8. The fourth-order valence-electron chi connectivity index (χ4n) is 5.93. The zero-order chi connectivity index (χ0) is 30.7. The number of nitrogens with zero attached hydrogens (tertiary/aromatic N) is 4. The molecule has 1 aromatic heterocycles. The van der Waals surface area contributed by atoms with Gasteiger partial charge in [-0.2, -0.15) is 11.8 Å². The van der Waals surface area contributed by atoms with Crippen molar-refractivity contribution in [1.82, 2.24) is 20.3 Å². The number of rotatable bonds is 11. The lowest BCUT2D eigenvalue weighted by Gasteiger charge is -2.33. The Bertz CT molecular complexity index is 1470. The van der Waals surface area contributed by atoms with Crippen molar-refractivity contribution in [3.8, 4) is 22.5 Å². The minimum Gasteiger partial charge on any atom is -0.359 e. The second-order valence-corrected chi connectivity index (χ2v) is 14.0. The van der Waals surface area contributed by atoms with Gasteiger partial charge in [0, 0.05) is 35.9 Å². The van der Waals surface area contributed by atoms with Crippen molar-refractivity contribution < 1.29 is 14.4 Å². The van der Waals surface area contributed by atoms with E-state index in [9.17, 15) is 14.4 Å². The van der Waals surface area contributed by atoms with Crippen LogP contribution in [0.2, 0.25) is 0 Å². The van der Waals surface area contributed by atoms with E-state index in [1.807, 2.05) is 67.1 Å². The smallest absolute Gasteiger partial charge is 0.315 e. The summed E-state index contributed by atoms with van der Waals surface area (Å²) in [6, 6.07) is 15.8. The maximum atomic E-state index is 13.8. The molecule has 0 radical (unpaired) electrons. The number of carbonyl (C=O) groups is 3. The van der Waals surface area contributed by atoms with Crippen LogP contribution < -0.4 is 10.2 Å². The number of hydrogen-bond acceptors (Lipinski definition) is 6. The molecule has 10 heteroatoms. The van der Waals surface area contributed by atoms with Gasteiger partial charge in [-0.3, -0.25) is 9.59 Å². The lowest BCUT2D eigenvalue weighted by molar-refractivity contribution is -0.130. The van der Waals surface area contributed by atoms with Gasteiger partial charge in [-0.1, -0.05) is 89.2 Å². The molecule has 0 bridgehead atoms. The molecule has 3 aromatic rings. The summed E-state index contributed by atoms with van der Waals surface area (Å²) in [5, 5.41) is 11.8. The molecule has 0 atom stereocenters. The van der Waals surface area contributed by atoms with E-state index in [-0.39, 0.29) is 35.8 Å². The fourth-order valence-corrected chi connectivity index (χ4v) is 7.02. The SMILES string of the molecule is CNC(=O)C(C)(C)CC(C)(C)CSCC(=O)BC(=O)N1Cc2ccccc2-c2nnn(CC(C)C)c2-c2ccccc21. The van der Waals surface area contributed by atoms with Gasteiger partial charge in [0.25, 0.3) is 0 Å². The zero-order valence-electron chi connectivity index (χ0n) is 25.9. The molecule has 8 nitrogen and oxygen atoms in total. The summed E-state index contributed by atoms with van der Waals surface area (Å²) in [4.78, 5) is 40.9. The predicted octanol–water partition coefficient (Wildman–Crippen LogP) is 5.59. The Balaban J connectivity index is 1.54. The third-order valence-electron chi connectivity index (χ3n) is 7.49. The molecule has 1 N–H and O–H groups in total. The molecule has 4 rings (SSSR count). The second-order valence-electron chi connectivity index (χ2n) is 13.0. The molecular formula is C32H42BN5O3S. The van der Waals surface area contributed by atoms with Crippen molar-refractivity contribution in [2.24, 2.45) is 16.7 Å². The Labute approximate surface area is 254 Å². The Hall–Kier alpha value is -3.40. The molecule has 0 saturated carbocycles. The number of benzene rings is 2. The largest absolute Gasteiger partial charge is 0.359 e. The van der Waals surface area contributed by atoms with Gasteiger partial charge in [0.05, 0.1) is 17.9 Å². The van der Waals surface area contributed by atoms with Gasteiger partial charge in [0.1, 0.15) is 11.4 Å². The summed E-state index contributed by atoms with van der Waals surface area (Å²) in [7, 11) is 1.48. The number of carbonyl (C=O) groups excluding carboxylic acids is 3. The highest BCUT2D eigenvalue weighted by Gasteiger charge is 2.35. The van der Waals surface area contributed by atoms with Crippen molar-refractivity contribution in [1.29, 1.82) is 0 Å². The molecule has 1 aliphatic heterocycles. The van der Waals surface area contributed by atoms with E-state index >= 15 is 0 Å². The second kappa shape index (κ2) is 12.9. The van der Waals surface area contributed by atoms with E-state index in [0.717, 1.165) is 33.8 Å². The van der Waals surface area contributed by atoms with E-state index in [4.69, 9.17) is 0 Å². The summed E-state index contributed by atoms with van der Waals surface area (Å²) in [5.41, 5.74) is 4.46. The zero-order valence-corrected chi connectivity index (χ0v) is 26.7. The van der Waals surface area contributed by atoms with Crippen molar-refractivity contribution in [2.75, 3.05) is 23.5 Å². The van der Waals surface area contributed by atoms with Crippen LogP contribution in [0.1, 0.15) is 53.5 Å². The molecule has 2 aromatic carbocycles. The summed E-state index contributed by atoms with van der Waals surface area (Å²) in [6.45, 7) is 13.4. The van der Waals surface area contributed by atoms with Gasteiger partial charge >= 0.3 is 7.28 Å². The van der Waals surface area contributed by atoms with Gasteiger partial charge in [-0.25, -0.2) is 4.68 Å². The van der Waals surface area contributed by atoms with Crippen molar-refractivity contribution in [3.63, 3.8) is 0 Å². The average molecular weight is 588 g/mol. The minimum atomic E-state index is -0.506. The van der Waals surface area contributed by atoms with E-state index in [1.165, 1.54) is 11.8 Å². The molecule has 2 amide bonds. The third kappa shape index (κ3) is 7.14. The lowest BCUT2D eigenvalue weighted by Crippen LogP contribution is -2.39. The summed E-state index contributed by atoms with van der Waals surface area (Å²) < 4.78 is 1.93. The Morgan fingerprint density at radius 1 is 1.02 bits per heavy atom. The number of hydrogen-bond donors (Lipinski definition) is 1. The molecule has 1 aliphatic rings. The highest BCUT2D eigenvalue weighted by molar-refractivity contribution is 8.00. The Kier molecular flexibility index (Phi) is 9.65. The van der Waals surface area contributed by atoms with Gasteiger partial charge in [-0.15, -0.1) is 5.10 Å². The van der Waals surface area contributed by atoms with Crippen LogP contribution >= 0.6 is 11.8 Å². The topological polar surface area (TPSA) is 97.2 Å². The number of para-hydroxylation sites is 1. The molecule has 2 heterocycles. The summed E-state index contributed by atoms with van der Waals surface area (Å²) >= 11 is 1.53. The van der Waals surface area contributed by atoms with Crippen molar-refractivity contribution >= 4 is 42.1 Å². The van der Waals surface area contributed by atoms with Crippen LogP contribution in [0, 0.1) is 16.7 Å². The van der Waals surface area contributed by atoms with Crippen LogP contribution in [0.15, 0.2) is 48.5 Å². The molecule has 0 unspecified atom stereocenters.